The second-order valence-corrected chi connectivity index (χ2v) is 6.18. The molecule has 0 radical (unpaired) electrons. The van der Waals surface area contributed by atoms with Gasteiger partial charge in [0.25, 0.3) is 0 Å². The van der Waals surface area contributed by atoms with Gasteiger partial charge in [-0.1, -0.05) is 18.2 Å². The molecule has 1 heterocycles. The van der Waals surface area contributed by atoms with Crippen LogP contribution in [0.2, 0.25) is 0 Å². The van der Waals surface area contributed by atoms with Crippen molar-refractivity contribution >= 4 is 6.03 Å². The van der Waals surface area contributed by atoms with Crippen molar-refractivity contribution in [2.24, 2.45) is 0 Å². The van der Waals surface area contributed by atoms with Gasteiger partial charge in [0.15, 0.2) is 0 Å². The van der Waals surface area contributed by atoms with E-state index in [-0.39, 0.29) is 11.6 Å². The number of rotatable bonds is 7. The molecule has 2 amide bonds. The van der Waals surface area contributed by atoms with Crippen molar-refractivity contribution in [3.8, 4) is 5.75 Å². The molecule has 6 nitrogen and oxygen atoms in total. The van der Waals surface area contributed by atoms with Gasteiger partial charge in [0.1, 0.15) is 12.4 Å². The first kappa shape index (κ1) is 17.6. The molecule has 1 aliphatic heterocycles. The molecule has 2 N–H and O–H groups in total. The highest BCUT2D eigenvalue weighted by Gasteiger charge is 2.28. The summed E-state index contributed by atoms with van der Waals surface area (Å²) >= 11 is 0. The Bertz CT molecular complexity index is 473. The summed E-state index contributed by atoms with van der Waals surface area (Å²) in [6.45, 7) is 9.11. The van der Waals surface area contributed by atoms with Crippen LogP contribution in [0.5, 0.6) is 5.75 Å². The van der Waals surface area contributed by atoms with E-state index >= 15 is 0 Å². The maximum absolute atomic E-state index is 11.9. The summed E-state index contributed by atoms with van der Waals surface area (Å²) in [7, 11) is 0. The van der Waals surface area contributed by atoms with E-state index in [0.717, 1.165) is 32.1 Å². The van der Waals surface area contributed by atoms with E-state index < -0.39 is 0 Å². The van der Waals surface area contributed by atoms with Crippen molar-refractivity contribution in [3.63, 3.8) is 0 Å². The highest BCUT2D eigenvalue weighted by molar-refractivity contribution is 5.73. The third-order valence-electron chi connectivity index (χ3n) is 3.95. The Hall–Kier alpha value is -1.79. The van der Waals surface area contributed by atoms with Gasteiger partial charge >= 0.3 is 6.03 Å². The fourth-order valence-electron chi connectivity index (χ4n) is 2.49. The number of carbonyl (C=O) groups excluding carboxylic acids is 1. The van der Waals surface area contributed by atoms with Gasteiger partial charge in [0, 0.05) is 25.2 Å². The van der Waals surface area contributed by atoms with Crippen molar-refractivity contribution in [3.05, 3.63) is 30.3 Å². The molecule has 1 aromatic carbocycles. The molecular formula is C17H27N3O3. The molecule has 0 saturated carbocycles. The summed E-state index contributed by atoms with van der Waals surface area (Å²) in [5, 5.41) is 5.74. The van der Waals surface area contributed by atoms with Crippen molar-refractivity contribution in [2.45, 2.75) is 19.4 Å². The first-order chi connectivity index (χ1) is 11.1. The Morgan fingerprint density at radius 1 is 1.22 bits per heavy atom. The third kappa shape index (κ3) is 6.08. The molecule has 0 bridgehead atoms. The summed E-state index contributed by atoms with van der Waals surface area (Å²) in [5.74, 6) is 0.808. The molecule has 128 valence electrons. The number of hydrogen-bond acceptors (Lipinski definition) is 4. The summed E-state index contributed by atoms with van der Waals surface area (Å²) in [5.41, 5.74) is -0.0817. The summed E-state index contributed by atoms with van der Waals surface area (Å²) < 4.78 is 10.9. The van der Waals surface area contributed by atoms with Crippen LogP contribution in [0.1, 0.15) is 13.8 Å². The molecular weight excluding hydrogens is 294 g/mol. The van der Waals surface area contributed by atoms with E-state index in [2.05, 4.69) is 29.4 Å². The summed E-state index contributed by atoms with van der Waals surface area (Å²) in [6, 6.07) is 9.40. The molecule has 1 aromatic rings. The maximum Gasteiger partial charge on any atom is 0.314 e. The van der Waals surface area contributed by atoms with Crippen LogP contribution in [0.15, 0.2) is 30.3 Å². The summed E-state index contributed by atoms with van der Waals surface area (Å²) in [4.78, 5) is 14.2. The van der Waals surface area contributed by atoms with E-state index in [4.69, 9.17) is 9.47 Å². The smallest absolute Gasteiger partial charge is 0.314 e. The lowest BCUT2D eigenvalue weighted by molar-refractivity contribution is -0.00874. The van der Waals surface area contributed by atoms with E-state index in [1.165, 1.54) is 0 Å². The number of ether oxygens (including phenoxy) is 2. The van der Waals surface area contributed by atoms with E-state index in [1.807, 2.05) is 30.3 Å². The molecule has 0 atom stereocenters. The van der Waals surface area contributed by atoms with Gasteiger partial charge in [-0.2, -0.15) is 0 Å². The molecule has 0 aromatic heterocycles. The van der Waals surface area contributed by atoms with Gasteiger partial charge in [0.05, 0.1) is 19.8 Å². The normalized spacial score (nSPS) is 15.9. The minimum atomic E-state index is -0.164. The van der Waals surface area contributed by atoms with Crippen molar-refractivity contribution in [1.82, 2.24) is 15.5 Å². The van der Waals surface area contributed by atoms with Crippen LogP contribution in [0, 0.1) is 0 Å². The second-order valence-electron chi connectivity index (χ2n) is 6.18. The van der Waals surface area contributed by atoms with Gasteiger partial charge in [-0.15, -0.1) is 0 Å². The molecule has 0 aliphatic carbocycles. The first-order valence-electron chi connectivity index (χ1n) is 8.10. The number of carbonyl (C=O) groups is 1. The SMILES string of the molecule is CC(C)(CNC(=O)NCCOc1ccccc1)N1CCOCC1. The molecule has 1 saturated heterocycles. The van der Waals surface area contributed by atoms with Crippen LogP contribution in [0.25, 0.3) is 0 Å². The van der Waals surface area contributed by atoms with Crippen LogP contribution in [-0.2, 0) is 4.74 Å². The monoisotopic (exact) mass is 321 g/mol. The topological polar surface area (TPSA) is 62.8 Å². The number of benzene rings is 1. The molecule has 0 unspecified atom stereocenters. The fourth-order valence-corrected chi connectivity index (χ4v) is 2.49. The van der Waals surface area contributed by atoms with Gasteiger partial charge < -0.3 is 20.1 Å². The van der Waals surface area contributed by atoms with Gasteiger partial charge in [-0.05, 0) is 26.0 Å². The zero-order valence-electron chi connectivity index (χ0n) is 14.0. The van der Waals surface area contributed by atoms with Gasteiger partial charge in [-0.25, -0.2) is 4.79 Å². The van der Waals surface area contributed by atoms with E-state index in [0.29, 0.717) is 19.7 Å². The number of amides is 2. The van der Waals surface area contributed by atoms with Gasteiger partial charge in [-0.3, -0.25) is 4.90 Å². The highest BCUT2D eigenvalue weighted by atomic mass is 16.5. The number of hydrogen-bond donors (Lipinski definition) is 2. The lowest BCUT2D eigenvalue weighted by Crippen LogP contribution is -2.56. The van der Waals surface area contributed by atoms with Crippen LogP contribution in [-0.4, -0.2) is 62.5 Å². The number of morpholine rings is 1. The number of nitrogens with zero attached hydrogens (tertiary/aromatic N) is 1. The lowest BCUT2D eigenvalue weighted by Gasteiger charge is -2.40. The first-order valence-corrected chi connectivity index (χ1v) is 8.10. The number of urea groups is 1. The predicted octanol–water partition coefficient (Wildman–Crippen LogP) is 1.48. The van der Waals surface area contributed by atoms with Crippen LogP contribution in [0.3, 0.4) is 0 Å². The average molecular weight is 321 g/mol. The largest absolute Gasteiger partial charge is 0.492 e. The zero-order chi connectivity index (χ0) is 16.5. The highest BCUT2D eigenvalue weighted by Crippen LogP contribution is 2.14. The maximum atomic E-state index is 11.9. The lowest BCUT2D eigenvalue weighted by atomic mass is 10.0. The van der Waals surface area contributed by atoms with E-state index in [9.17, 15) is 4.79 Å². The quantitative estimate of drug-likeness (QED) is 0.747. The molecule has 0 spiro atoms. The fraction of sp³-hybridized carbons (Fsp3) is 0.588. The van der Waals surface area contributed by atoms with Crippen molar-refractivity contribution in [2.75, 3.05) is 46.0 Å². The second kappa shape index (κ2) is 8.74. The van der Waals surface area contributed by atoms with Crippen LogP contribution >= 0.6 is 0 Å². The Balaban J connectivity index is 1.60. The van der Waals surface area contributed by atoms with Crippen molar-refractivity contribution < 1.29 is 14.3 Å². The number of para-hydroxylation sites is 1. The Morgan fingerprint density at radius 3 is 2.61 bits per heavy atom. The molecule has 1 aliphatic rings. The van der Waals surface area contributed by atoms with Crippen LogP contribution < -0.4 is 15.4 Å². The molecule has 6 heteroatoms. The van der Waals surface area contributed by atoms with E-state index in [1.54, 1.807) is 0 Å². The Labute approximate surface area is 138 Å². The minimum absolute atomic E-state index is 0.0817. The standard InChI is InChI=1S/C17H27N3O3/c1-17(2,20-9-12-22-13-10-20)14-19-16(21)18-8-11-23-15-6-4-3-5-7-15/h3-7H,8-14H2,1-2H3,(H2,18,19,21). The predicted molar refractivity (Wildman–Crippen MR) is 89.8 cm³/mol. The average Bonchev–Trinajstić information content (AvgIpc) is 2.59. The molecule has 2 rings (SSSR count). The number of nitrogens with one attached hydrogen (secondary N) is 2. The van der Waals surface area contributed by atoms with Gasteiger partial charge in [0.2, 0.25) is 0 Å². The minimum Gasteiger partial charge on any atom is -0.492 e. The molecule has 23 heavy (non-hydrogen) atoms. The van der Waals surface area contributed by atoms with Crippen LogP contribution in [0.4, 0.5) is 4.79 Å². The summed E-state index contributed by atoms with van der Waals surface area (Å²) in [6.07, 6.45) is 0. The Kier molecular flexibility index (Phi) is 6.67. The van der Waals surface area contributed by atoms with Crippen molar-refractivity contribution in [1.29, 1.82) is 0 Å². The third-order valence-corrected chi connectivity index (χ3v) is 3.95. The molecule has 1 fully saturated rings. The Morgan fingerprint density at radius 2 is 1.91 bits per heavy atom. The zero-order valence-corrected chi connectivity index (χ0v) is 14.0.